The first-order valence-corrected chi connectivity index (χ1v) is 8.76. The quantitative estimate of drug-likeness (QED) is 0.815. The highest BCUT2D eigenvalue weighted by molar-refractivity contribution is 5.84. The van der Waals surface area contributed by atoms with Crippen molar-refractivity contribution in [2.24, 2.45) is 17.8 Å². The molecule has 0 saturated carbocycles. The third kappa shape index (κ3) is 3.59. The summed E-state index contributed by atoms with van der Waals surface area (Å²) in [5.41, 5.74) is 0. The molecule has 4 nitrogen and oxygen atoms in total. The minimum absolute atomic E-state index is 0.0195. The second-order valence-corrected chi connectivity index (χ2v) is 7.26. The Bertz CT molecular complexity index is 358. The third-order valence-corrected chi connectivity index (χ3v) is 5.35. The van der Waals surface area contributed by atoms with Crippen molar-refractivity contribution >= 4 is 5.91 Å². The molecule has 2 aliphatic rings. The lowest BCUT2D eigenvalue weighted by molar-refractivity contribution is -0.131. The van der Waals surface area contributed by atoms with E-state index in [1.54, 1.807) is 0 Å². The van der Waals surface area contributed by atoms with E-state index in [1.807, 2.05) is 0 Å². The molecule has 0 bridgehead atoms. The molecule has 4 heteroatoms. The average molecular weight is 295 g/mol. The number of hydrogen-bond donors (Lipinski definition) is 1. The number of likely N-dealkylation sites (tertiary alicyclic amines) is 1. The minimum atomic E-state index is 0.0195. The van der Waals surface area contributed by atoms with Crippen molar-refractivity contribution in [3.05, 3.63) is 0 Å². The predicted molar refractivity (Wildman–Crippen MR) is 86.9 cm³/mol. The van der Waals surface area contributed by atoms with E-state index in [1.165, 1.54) is 13.0 Å². The maximum atomic E-state index is 12.8. The van der Waals surface area contributed by atoms with Crippen molar-refractivity contribution in [3.63, 3.8) is 0 Å². The summed E-state index contributed by atoms with van der Waals surface area (Å²) in [6.45, 7) is 15.4. The highest BCUT2D eigenvalue weighted by atomic mass is 16.2. The van der Waals surface area contributed by atoms with Gasteiger partial charge in [0.2, 0.25) is 5.91 Å². The number of nitrogens with zero attached hydrogens (tertiary/aromatic N) is 2. The van der Waals surface area contributed by atoms with E-state index >= 15 is 0 Å². The fourth-order valence-corrected chi connectivity index (χ4v) is 3.69. The van der Waals surface area contributed by atoms with Gasteiger partial charge in [0.05, 0.1) is 12.2 Å². The van der Waals surface area contributed by atoms with E-state index in [9.17, 15) is 4.79 Å². The standard InChI is InChI=1S/C17H33N3O/c1-6-13(5)15-17(21)20(16(18-15)12(3)4)11-14-8-9-19(7-2)10-14/h12-16,18H,6-11H2,1-5H3. The minimum Gasteiger partial charge on any atom is -0.325 e. The summed E-state index contributed by atoms with van der Waals surface area (Å²) >= 11 is 0. The maximum Gasteiger partial charge on any atom is 0.241 e. The van der Waals surface area contributed by atoms with Gasteiger partial charge in [-0.2, -0.15) is 0 Å². The maximum absolute atomic E-state index is 12.8. The van der Waals surface area contributed by atoms with Gasteiger partial charge in [0.25, 0.3) is 0 Å². The Morgan fingerprint density at radius 2 is 2.00 bits per heavy atom. The highest BCUT2D eigenvalue weighted by Crippen LogP contribution is 2.26. The van der Waals surface area contributed by atoms with Crippen LogP contribution >= 0.6 is 0 Å². The van der Waals surface area contributed by atoms with Crippen LogP contribution in [0.3, 0.4) is 0 Å². The average Bonchev–Trinajstić information content (AvgIpc) is 3.04. The Hall–Kier alpha value is -0.610. The van der Waals surface area contributed by atoms with Crippen LogP contribution in [0.1, 0.15) is 47.5 Å². The summed E-state index contributed by atoms with van der Waals surface area (Å²) in [4.78, 5) is 17.4. The van der Waals surface area contributed by atoms with Crippen LogP contribution in [0.25, 0.3) is 0 Å². The molecule has 1 amide bonds. The topological polar surface area (TPSA) is 35.6 Å². The molecule has 0 spiro atoms. The molecule has 2 rings (SSSR count). The van der Waals surface area contributed by atoms with Gasteiger partial charge in [-0.1, -0.05) is 41.0 Å². The zero-order valence-corrected chi connectivity index (χ0v) is 14.4. The molecule has 0 aromatic carbocycles. The second kappa shape index (κ2) is 7.10. The lowest BCUT2D eigenvalue weighted by Crippen LogP contribution is -2.44. The second-order valence-electron chi connectivity index (χ2n) is 7.26. The number of amides is 1. The smallest absolute Gasteiger partial charge is 0.241 e. The van der Waals surface area contributed by atoms with Gasteiger partial charge in [0.1, 0.15) is 0 Å². The molecule has 4 atom stereocenters. The molecule has 0 radical (unpaired) electrons. The Morgan fingerprint density at radius 1 is 1.29 bits per heavy atom. The molecule has 2 heterocycles. The van der Waals surface area contributed by atoms with Gasteiger partial charge in [-0.15, -0.1) is 0 Å². The molecule has 122 valence electrons. The van der Waals surface area contributed by atoms with E-state index in [0.717, 1.165) is 26.1 Å². The normalized spacial score (nSPS) is 32.4. The Kier molecular flexibility index (Phi) is 5.67. The van der Waals surface area contributed by atoms with E-state index in [2.05, 4.69) is 49.7 Å². The molecular formula is C17H33N3O. The van der Waals surface area contributed by atoms with Gasteiger partial charge in [-0.25, -0.2) is 0 Å². The van der Waals surface area contributed by atoms with Crippen LogP contribution in [0.4, 0.5) is 0 Å². The van der Waals surface area contributed by atoms with Crippen LogP contribution in [0.2, 0.25) is 0 Å². The van der Waals surface area contributed by atoms with Crippen molar-refractivity contribution in [2.45, 2.75) is 59.7 Å². The molecule has 2 fully saturated rings. The molecule has 2 aliphatic heterocycles. The molecular weight excluding hydrogens is 262 g/mol. The molecule has 1 N–H and O–H groups in total. The molecule has 2 saturated heterocycles. The van der Waals surface area contributed by atoms with E-state index < -0.39 is 0 Å². The van der Waals surface area contributed by atoms with Gasteiger partial charge >= 0.3 is 0 Å². The van der Waals surface area contributed by atoms with Crippen LogP contribution in [-0.4, -0.2) is 54.1 Å². The fraction of sp³-hybridized carbons (Fsp3) is 0.941. The molecule has 0 aliphatic carbocycles. The van der Waals surface area contributed by atoms with Crippen LogP contribution in [-0.2, 0) is 4.79 Å². The van der Waals surface area contributed by atoms with E-state index in [4.69, 9.17) is 0 Å². The van der Waals surface area contributed by atoms with Gasteiger partial charge in [-0.3, -0.25) is 10.1 Å². The predicted octanol–water partition coefficient (Wildman–Crippen LogP) is 2.16. The SMILES string of the molecule is CCC(C)C1NC(C(C)C)N(CC2CCN(CC)C2)C1=O. The Labute approximate surface area is 130 Å². The van der Waals surface area contributed by atoms with Crippen molar-refractivity contribution < 1.29 is 4.79 Å². The number of hydrogen-bond acceptors (Lipinski definition) is 3. The van der Waals surface area contributed by atoms with Gasteiger partial charge in [-0.05, 0) is 37.3 Å². The summed E-state index contributed by atoms with van der Waals surface area (Å²) in [7, 11) is 0. The molecule has 0 aromatic heterocycles. The molecule has 21 heavy (non-hydrogen) atoms. The third-order valence-electron chi connectivity index (χ3n) is 5.35. The summed E-state index contributed by atoms with van der Waals surface area (Å²) < 4.78 is 0. The number of carbonyl (C=O) groups excluding carboxylic acids is 1. The Morgan fingerprint density at radius 3 is 2.52 bits per heavy atom. The van der Waals surface area contributed by atoms with Crippen molar-refractivity contribution in [1.29, 1.82) is 0 Å². The van der Waals surface area contributed by atoms with E-state index in [-0.39, 0.29) is 12.2 Å². The van der Waals surface area contributed by atoms with Gasteiger partial charge < -0.3 is 9.80 Å². The Balaban J connectivity index is 2.03. The first-order valence-electron chi connectivity index (χ1n) is 8.76. The highest BCUT2D eigenvalue weighted by Gasteiger charge is 2.43. The summed E-state index contributed by atoms with van der Waals surface area (Å²) in [6, 6.07) is 0.0195. The van der Waals surface area contributed by atoms with Crippen LogP contribution in [0.5, 0.6) is 0 Å². The monoisotopic (exact) mass is 295 g/mol. The zero-order valence-electron chi connectivity index (χ0n) is 14.4. The number of rotatable bonds is 6. The van der Waals surface area contributed by atoms with Crippen molar-refractivity contribution in [1.82, 2.24) is 15.1 Å². The molecule has 0 aromatic rings. The lowest BCUT2D eigenvalue weighted by atomic mass is 9.99. The van der Waals surface area contributed by atoms with Crippen molar-refractivity contribution in [2.75, 3.05) is 26.2 Å². The van der Waals surface area contributed by atoms with Crippen molar-refractivity contribution in [3.8, 4) is 0 Å². The van der Waals surface area contributed by atoms with Crippen LogP contribution in [0.15, 0.2) is 0 Å². The number of nitrogens with one attached hydrogen (secondary N) is 1. The first kappa shape index (κ1) is 16.8. The van der Waals surface area contributed by atoms with Gasteiger partial charge in [0, 0.05) is 13.1 Å². The summed E-state index contributed by atoms with van der Waals surface area (Å²) in [5.74, 6) is 1.86. The largest absolute Gasteiger partial charge is 0.325 e. The zero-order chi connectivity index (χ0) is 15.6. The summed E-state index contributed by atoms with van der Waals surface area (Å²) in [5, 5.41) is 3.60. The van der Waals surface area contributed by atoms with Crippen LogP contribution in [0, 0.1) is 17.8 Å². The molecule has 4 unspecified atom stereocenters. The van der Waals surface area contributed by atoms with E-state index in [0.29, 0.717) is 23.7 Å². The number of carbonyl (C=O) groups is 1. The lowest BCUT2D eigenvalue weighted by Gasteiger charge is -2.29. The fourth-order valence-electron chi connectivity index (χ4n) is 3.69. The van der Waals surface area contributed by atoms with Crippen LogP contribution < -0.4 is 5.32 Å². The van der Waals surface area contributed by atoms with Gasteiger partial charge in [0.15, 0.2) is 0 Å². The summed E-state index contributed by atoms with van der Waals surface area (Å²) in [6.07, 6.45) is 2.50. The first-order chi connectivity index (χ1) is 9.97.